The highest BCUT2D eigenvalue weighted by Crippen LogP contribution is 2.29. The van der Waals surface area contributed by atoms with E-state index in [4.69, 9.17) is 5.73 Å². The van der Waals surface area contributed by atoms with Crippen LogP contribution in [0.25, 0.3) is 11.4 Å². The molecule has 0 amide bonds. The molecule has 1 aliphatic rings. The van der Waals surface area contributed by atoms with E-state index in [2.05, 4.69) is 10.1 Å². The van der Waals surface area contributed by atoms with Crippen molar-refractivity contribution in [2.24, 2.45) is 5.73 Å². The molecule has 0 unspecified atom stereocenters. The van der Waals surface area contributed by atoms with Crippen LogP contribution < -0.4 is 5.73 Å². The second-order valence-electron chi connectivity index (χ2n) is 5.26. The van der Waals surface area contributed by atoms with Crippen LogP contribution in [0.4, 0.5) is 13.2 Å². The normalized spacial score (nSPS) is 16.2. The van der Waals surface area contributed by atoms with Gasteiger partial charge in [0.25, 0.3) is 0 Å². The van der Waals surface area contributed by atoms with E-state index in [-0.39, 0.29) is 18.9 Å². The van der Waals surface area contributed by atoms with E-state index < -0.39 is 22.1 Å². The Morgan fingerprint density at radius 3 is 2.67 bits per heavy atom. The molecule has 0 saturated heterocycles. The summed E-state index contributed by atoms with van der Waals surface area (Å²) in [4.78, 5) is 4.18. The van der Waals surface area contributed by atoms with Crippen molar-refractivity contribution >= 4 is 10.0 Å². The molecule has 0 saturated carbocycles. The van der Waals surface area contributed by atoms with Gasteiger partial charge in [0.05, 0.1) is 13.1 Å². The molecule has 0 atom stereocenters. The van der Waals surface area contributed by atoms with Gasteiger partial charge in [0.15, 0.2) is 5.82 Å². The third kappa shape index (κ3) is 2.89. The lowest BCUT2D eigenvalue weighted by atomic mass is 10.1. The maximum atomic E-state index is 12.7. The van der Waals surface area contributed by atoms with Crippen molar-refractivity contribution in [3.05, 3.63) is 35.7 Å². The lowest BCUT2D eigenvalue weighted by Crippen LogP contribution is -2.44. The molecule has 0 spiro atoms. The Morgan fingerprint density at radius 2 is 2.00 bits per heavy atom. The van der Waals surface area contributed by atoms with Crippen molar-refractivity contribution < 1.29 is 21.6 Å². The zero-order valence-electron chi connectivity index (χ0n) is 12.4. The molecule has 7 nitrogen and oxygen atoms in total. The third-order valence-electron chi connectivity index (χ3n) is 3.68. The van der Waals surface area contributed by atoms with Gasteiger partial charge in [-0.1, -0.05) is 18.2 Å². The standard InChI is InChI=1S/C13H14F3N5O2S/c14-13(15,16)24(22,23)20-4-5-21-11(8-20)18-12(19-21)10-3-1-2-9(6-10)7-17/h1-3,6H,4-5,7-8,17H2. The molecule has 0 bridgehead atoms. The number of nitrogens with two attached hydrogens (primary N) is 1. The highest BCUT2D eigenvalue weighted by Gasteiger charge is 2.50. The van der Waals surface area contributed by atoms with Crippen molar-refractivity contribution in [3.63, 3.8) is 0 Å². The van der Waals surface area contributed by atoms with E-state index in [1.165, 1.54) is 4.68 Å². The number of hydrogen-bond donors (Lipinski definition) is 1. The minimum Gasteiger partial charge on any atom is -0.326 e. The predicted molar refractivity (Wildman–Crippen MR) is 78.7 cm³/mol. The quantitative estimate of drug-likeness (QED) is 0.883. The number of halogens is 3. The van der Waals surface area contributed by atoms with Crippen LogP contribution >= 0.6 is 0 Å². The van der Waals surface area contributed by atoms with Gasteiger partial charge in [-0.25, -0.2) is 18.1 Å². The van der Waals surface area contributed by atoms with E-state index in [0.717, 1.165) is 5.56 Å². The number of aromatic nitrogens is 3. The largest absolute Gasteiger partial charge is 0.511 e. The minimum absolute atomic E-state index is 0.00816. The summed E-state index contributed by atoms with van der Waals surface area (Å²) >= 11 is 0. The van der Waals surface area contributed by atoms with Gasteiger partial charge in [-0.05, 0) is 11.6 Å². The van der Waals surface area contributed by atoms with Gasteiger partial charge >= 0.3 is 15.5 Å². The average molecular weight is 361 g/mol. The summed E-state index contributed by atoms with van der Waals surface area (Å²) in [5.41, 5.74) is 1.78. The fourth-order valence-electron chi connectivity index (χ4n) is 2.42. The van der Waals surface area contributed by atoms with Gasteiger partial charge in [-0.15, -0.1) is 0 Å². The van der Waals surface area contributed by atoms with Gasteiger partial charge < -0.3 is 5.73 Å². The van der Waals surface area contributed by atoms with Crippen LogP contribution in [-0.2, 0) is 29.7 Å². The lowest BCUT2D eigenvalue weighted by Gasteiger charge is -2.26. The molecule has 2 aromatic rings. The third-order valence-corrected chi connectivity index (χ3v) is 5.26. The van der Waals surface area contributed by atoms with Crippen LogP contribution in [0, 0.1) is 0 Å². The maximum absolute atomic E-state index is 12.7. The van der Waals surface area contributed by atoms with Gasteiger partial charge in [-0.3, -0.25) is 0 Å². The lowest BCUT2D eigenvalue weighted by molar-refractivity contribution is -0.0496. The van der Waals surface area contributed by atoms with E-state index in [0.29, 0.717) is 22.2 Å². The predicted octanol–water partition coefficient (Wildman–Crippen LogP) is 1.07. The van der Waals surface area contributed by atoms with E-state index in [1.807, 2.05) is 6.07 Å². The summed E-state index contributed by atoms with van der Waals surface area (Å²) < 4.78 is 62.8. The first kappa shape index (κ1) is 16.9. The molecular formula is C13H14F3N5O2S. The molecule has 2 N–H and O–H groups in total. The number of rotatable bonds is 3. The molecule has 24 heavy (non-hydrogen) atoms. The second kappa shape index (κ2) is 5.83. The fraction of sp³-hybridized carbons (Fsp3) is 0.385. The molecule has 0 radical (unpaired) electrons. The van der Waals surface area contributed by atoms with Crippen molar-refractivity contribution in [1.82, 2.24) is 19.1 Å². The Balaban J connectivity index is 1.90. The van der Waals surface area contributed by atoms with Crippen LogP contribution in [0.5, 0.6) is 0 Å². The molecule has 0 fully saturated rings. The van der Waals surface area contributed by atoms with E-state index in [9.17, 15) is 21.6 Å². The van der Waals surface area contributed by atoms with Crippen molar-refractivity contribution in [2.75, 3.05) is 6.54 Å². The van der Waals surface area contributed by atoms with Crippen LogP contribution in [0.2, 0.25) is 0 Å². The summed E-state index contributed by atoms with van der Waals surface area (Å²) in [6, 6.07) is 7.14. The number of sulfonamides is 1. The zero-order chi connectivity index (χ0) is 17.5. The highest BCUT2D eigenvalue weighted by molar-refractivity contribution is 7.89. The molecular weight excluding hydrogens is 347 g/mol. The monoisotopic (exact) mass is 361 g/mol. The van der Waals surface area contributed by atoms with Crippen molar-refractivity contribution in [3.8, 4) is 11.4 Å². The first-order valence-corrected chi connectivity index (χ1v) is 8.46. The average Bonchev–Trinajstić information content (AvgIpc) is 2.97. The van der Waals surface area contributed by atoms with E-state index >= 15 is 0 Å². The maximum Gasteiger partial charge on any atom is 0.511 e. The highest BCUT2D eigenvalue weighted by atomic mass is 32.2. The molecule has 3 rings (SSSR count). The topological polar surface area (TPSA) is 94.1 Å². The Kier molecular flexibility index (Phi) is 4.10. The number of hydrogen-bond acceptors (Lipinski definition) is 5. The molecule has 1 aromatic heterocycles. The Morgan fingerprint density at radius 1 is 1.25 bits per heavy atom. The van der Waals surface area contributed by atoms with Crippen LogP contribution in [0.15, 0.2) is 24.3 Å². The molecule has 11 heteroatoms. The Bertz CT molecular complexity index is 863. The zero-order valence-corrected chi connectivity index (χ0v) is 13.2. The van der Waals surface area contributed by atoms with Crippen LogP contribution in [0.1, 0.15) is 11.4 Å². The summed E-state index contributed by atoms with van der Waals surface area (Å²) in [5.74, 6) is 0.494. The fourth-order valence-corrected chi connectivity index (χ4v) is 3.32. The summed E-state index contributed by atoms with van der Waals surface area (Å²) in [5, 5.41) is 4.24. The molecule has 130 valence electrons. The minimum atomic E-state index is -5.37. The SMILES string of the molecule is NCc1cccc(-c2nc3n(n2)CCN(S(=O)(=O)C(F)(F)F)C3)c1. The van der Waals surface area contributed by atoms with Gasteiger partial charge in [0.1, 0.15) is 5.82 Å². The van der Waals surface area contributed by atoms with Gasteiger partial charge in [-0.2, -0.15) is 22.6 Å². The van der Waals surface area contributed by atoms with Crippen molar-refractivity contribution in [2.45, 2.75) is 25.1 Å². The summed E-state index contributed by atoms with van der Waals surface area (Å²) in [6.45, 7) is -0.431. The van der Waals surface area contributed by atoms with Gasteiger partial charge in [0.2, 0.25) is 0 Å². The summed E-state index contributed by atoms with van der Waals surface area (Å²) in [7, 11) is -5.37. The van der Waals surface area contributed by atoms with Crippen LogP contribution in [0.3, 0.4) is 0 Å². The molecule has 1 aromatic carbocycles. The Labute approximate surface area is 135 Å². The Hall–Kier alpha value is -1.98. The van der Waals surface area contributed by atoms with E-state index in [1.54, 1.807) is 18.2 Å². The molecule has 2 heterocycles. The molecule has 0 aliphatic carbocycles. The van der Waals surface area contributed by atoms with Crippen LogP contribution in [-0.4, -0.2) is 39.5 Å². The van der Waals surface area contributed by atoms with Crippen molar-refractivity contribution in [1.29, 1.82) is 0 Å². The second-order valence-corrected chi connectivity index (χ2v) is 7.19. The smallest absolute Gasteiger partial charge is 0.326 e. The number of fused-ring (bicyclic) bond motifs is 1. The number of nitrogens with zero attached hydrogens (tertiary/aromatic N) is 4. The van der Waals surface area contributed by atoms with Gasteiger partial charge in [0, 0.05) is 18.7 Å². The first-order valence-electron chi connectivity index (χ1n) is 7.02. The summed E-state index contributed by atoms with van der Waals surface area (Å²) in [6.07, 6.45) is 0. The first-order chi connectivity index (χ1) is 11.2. The number of benzene rings is 1. The molecule has 1 aliphatic heterocycles. The number of alkyl halides is 3.